The van der Waals surface area contributed by atoms with E-state index in [-0.39, 0.29) is 22.9 Å². The van der Waals surface area contributed by atoms with Gasteiger partial charge in [0.05, 0.1) is 10.5 Å². The van der Waals surface area contributed by atoms with Gasteiger partial charge in [0.1, 0.15) is 6.33 Å². The Kier molecular flexibility index (Phi) is 3.28. The number of nitrogens with zero attached hydrogens (tertiary/aromatic N) is 3. The molecule has 8 nitrogen and oxygen atoms in total. The number of aromatic nitrogens is 2. The molecule has 0 amide bonds. The van der Waals surface area contributed by atoms with E-state index in [0.29, 0.717) is 6.54 Å². The lowest BCUT2D eigenvalue weighted by Crippen LogP contribution is -2.45. The van der Waals surface area contributed by atoms with Crippen molar-refractivity contribution in [1.82, 2.24) is 9.97 Å². The van der Waals surface area contributed by atoms with Crippen LogP contribution in [0.25, 0.3) is 0 Å². The van der Waals surface area contributed by atoms with E-state index < -0.39 is 4.92 Å². The van der Waals surface area contributed by atoms with E-state index in [2.05, 4.69) is 15.3 Å². The largest absolute Gasteiger partial charge is 0.378 e. The van der Waals surface area contributed by atoms with Gasteiger partial charge >= 0.3 is 5.69 Å². The van der Waals surface area contributed by atoms with Gasteiger partial charge in [-0.1, -0.05) is 0 Å². The molecule has 1 aliphatic carbocycles. The number of methoxy groups -OCH3 is 1. The molecule has 18 heavy (non-hydrogen) atoms. The molecule has 0 radical (unpaired) electrons. The first-order valence-electron chi connectivity index (χ1n) is 5.62. The minimum Gasteiger partial charge on any atom is -0.378 e. The van der Waals surface area contributed by atoms with E-state index in [1.165, 1.54) is 6.33 Å². The normalized spacial score (nSPS) is 16.9. The molecule has 0 bridgehead atoms. The van der Waals surface area contributed by atoms with Crippen LogP contribution in [0.1, 0.15) is 19.3 Å². The highest BCUT2D eigenvalue weighted by Gasteiger charge is 2.37. The molecule has 1 heterocycles. The molecule has 1 aliphatic rings. The van der Waals surface area contributed by atoms with Gasteiger partial charge in [0, 0.05) is 13.7 Å². The third-order valence-electron chi connectivity index (χ3n) is 3.31. The quantitative estimate of drug-likeness (QED) is 0.592. The van der Waals surface area contributed by atoms with Gasteiger partial charge < -0.3 is 15.8 Å². The zero-order chi connectivity index (χ0) is 13.2. The van der Waals surface area contributed by atoms with Crippen molar-refractivity contribution < 1.29 is 9.66 Å². The number of rotatable bonds is 5. The average molecular weight is 253 g/mol. The summed E-state index contributed by atoms with van der Waals surface area (Å²) in [5.74, 6) is -0.00611. The zero-order valence-electron chi connectivity index (χ0n) is 10.0. The maximum atomic E-state index is 10.9. The number of nitrogen functional groups attached to an aromatic ring is 1. The van der Waals surface area contributed by atoms with Gasteiger partial charge in [-0.05, 0) is 19.3 Å². The summed E-state index contributed by atoms with van der Waals surface area (Å²) in [5, 5.41) is 13.8. The van der Waals surface area contributed by atoms with Crippen LogP contribution in [0.3, 0.4) is 0 Å². The Labute approximate surface area is 104 Å². The van der Waals surface area contributed by atoms with E-state index in [4.69, 9.17) is 10.5 Å². The van der Waals surface area contributed by atoms with Crippen molar-refractivity contribution in [2.24, 2.45) is 0 Å². The summed E-state index contributed by atoms with van der Waals surface area (Å²) in [6, 6.07) is 0. The van der Waals surface area contributed by atoms with Crippen LogP contribution in [-0.4, -0.2) is 34.1 Å². The van der Waals surface area contributed by atoms with Crippen molar-refractivity contribution in [3.8, 4) is 0 Å². The first-order valence-corrected chi connectivity index (χ1v) is 5.62. The molecular formula is C10H15N5O3. The summed E-state index contributed by atoms with van der Waals surface area (Å²) in [6.07, 6.45) is 4.17. The van der Waals surface area contributed by atoms with E-state index in [1.807, 2.05) is 0 Å². The van der Waals surface area contributed by atoms with Crippen molar-refractivity contribution in [3.63, 3.8) is 0 Å². The molecule has 1 fully saturated rings. The highest BCUT2D eigenvalue weighted by molar-refractivity contribution is 5.67. The molecule has 2 rings (SSSR count). The second kappa shape index (κ2) is 4.73. The SMILES string of the molecule is COC1(CNc2ncnc(N)c2[N+](=O)[O-])CCC1. The molecule has 1 saturated carbocycles. The van der Waals surface area contributed by atoms with Crippen LogP contribution in [0.15, 0.2) is 6.33 Å². The third kappa shape index (κ3) is 2.19. The number of ether oxygens (including phenoxy) is 1. The van der Waals surface area contributed by atoms with Crippen molar-refractivity contribution in [3.05, 3.63) is 16.4 Å². The minimum absolute atomic E-state index is 0.135. The minimum atomic E-state index is -0.585. The van der Waals surface area contributed by atoms with E-state index >= 15 is 0 Å². The predicted molar refractivity (Wildman–Crippen MR) is 65.2 cm³/mol. The number of hydrogen-bond donors (Lipinski definition) is 2. The fraction of sp³-hybridized carbons (Fsp3) is 0.600. The van der Waals surface area contributed by atoms with Gasteiger partial charge in [0.2, 0.25) is 11.6 Å². The lowest BCUT2D eigenvalue weighted by Gasteiger charge is -2.40. The van der Waals surface area contributed by atoms with Crippen LogP contribution in [0.5, 0.6) is 0 Å². The topological polar surface area (TPSA) is 116 Å². The molecule has 0 spiro atoms. The second-order valence-electron chi connectivity index (χ2n) is 4.31. The van der Waals surface area contributed by atoms with Gasteiger partial charge in [0.25, 0.3) is 0 Å². The predicted octanol–water partition coefficient (Wildman–Crippen LogP) is 0.948. The van der Waals surface area contributed by atoms with Crippen LogP contribution >= 0.6 is 0 Å². The van der Waals surface area contributed by atoms with Gasteiger partial charge in [0.15, 0.2) is 0 Å². The fourth-order valence-corrected chi connectivity index (χ4v) is 1.97. The van der Waals surface area contributed by atoms with E-state index in [9.17, 15) is 10.1 Å². The lowest BCUT2D eigenvalue weighted by molar-refractivity contribution is -0.383. The molecule has 8 heteroatoms. The van der Waals surface area contributed by atoms with E-state index in [1.54, 1.807) is 7.11 Å². The molecule has 3 N–H and O–H groups in total. The molecule has 0 saturated heterocycles. The summed E-state index contributed by atoms with van der Waals surface area (Å²) in [6.45, 7) is 0.473. The second-order valence-corrected chi connectivity index (χ2v) is 4.31. The standard InChI is InChI=1S/C10H15N5O3/c1-18-10(3-2-4-10)5-12-9-7(15(16)17)8(11)13-6-14-9/h6H,2-5H2,1H3,(H3,11,12,13,14). The Bertz CT molecular complexity index is 455. The number of nitro groups is 1. The Hall–Kier alpha value is -1.96. The summed E-state index contributed by atoms with van der Waals surface area (Å²) < 4.78 is 5.42. The molecule has 0 atom stereocenters. The Balaban J connectivity index is 2.14. The molecule has 98 valence electrons. The van der Waals surface area contributed by atoms with Crippen molar-refractivity contribution >= 4 is 17.3 Å². The van der Waals surface area contributed by atoms with Gasteiger partial charge in [-0.15, -0.1) is 0 Å². The first kappa shape index (κ1) is 12.5. The van der Waals surface area contributed by atoms with Crippen LogP contribution in [-0.2, 0) is 4.74 Å². The highest BCUT2D eigenvalue weighted by Crippen LogP contribution is 2.36. The number of hydrogen-bond acceptors (Lipinski definition) is 7. The maximum Gasteiger partial charge on any atom is 0.352 e. The molecule has 0 aromatic carbocycles. The number of anilines is 2. The molecule has 0 unspecified atom stereocenters. The Morgan fingerprint density at radius 2 is 2.33 bits per heavy atom. The third-order valence-corrected chi connectivity index (χ3v) is 3.31. The smallest absolute Gasteiger partial charge is 0.352 e. The van der Waals surface area contributed by atoms with Crippen LogP contribution in [0.4, 0.5) is 17.3 Å². The number of nitrogens with one attached hydrogen (secondary N) is 1. The van der Waals surface area contributed by atoms with E-state index in [0.717, 1.165) is 19.3 Å². The van der Waals surface area contributed by atoms with Crippen molar-refractivity contribution in [2.75, 3.05) is 24.7 Å². The fourth-order valence-electron chi connectivity index (χ4n) is 1.97. The van der Waals surface area contributed by atoms with Crippen LogP contribution < -0.4 is 11.1 Å². The van der Waals surface area contributed by atoms with Gasteiger partial charge in [-0.25, -0.2) is 9.97 Å². The highest BCUT2D eigenvalue weighted by atomic mass is 16.6. The van der Waals surface area contributed by atoms with Gasteiger partial charge in [-0.2, -0.15) is 0 Å². The van der Waals surface area contributed by atoms with Crippen molar-refractivity contribution in [1.29, 1.82) is 0 Å². The monoisotopic (exact) mass is 253 g/mol. The van der Waals surface area contributed by atoms with Crippen LogP contribution in [0, 0.1) is 10.1 Å². The molecule has 1 aromatic rings. The average Bonchev–Trinajstić information content (AvgIpc) is 2.27. The lowest BCUT2D eigenvalue weighted by atomic mass is 9.80. The first-order chi connectivity index (χ1) is 8.58. The van der Waals surface area contributed by atoms with Crippen LogP contribution in [0.2, 0.25) is 0 Å². The molecule has 1 aromatic heterocycles. The summed E-state index contributed by atoms with van der Waals surface area (Å²) in [4.78, 5) is 17.8. The van der Waals surface area contributed by atoms with Gasteiger partial charge in [-0.3, -0.25) is 10.1 Å². The Morgan fingerprint density at radius 3 is 2.83 bits per heavy atom. The zero-order valence-corrected chi connectivity index (χ0v) is 10.0. The number of nitrogens with two attached hydrogens (primary N) is 1. The molecular weight excluding hydrogens is 238 g/mol. The Morgan fingerprint density at radius 1 is 1.61 bits per heavy atom. The summed E-state index contributed by atoms with van der Waals surface area (Å²) >= 11 is 0. The molecule has 0 aliphatic heterocycles. The summed E-state index contributed by atoms with van der Waals surface area (Å²) in [7, 11) is 1.64. The maximum absolute atomic E-state index is 10.9. The summed E-state index contributed by atoms with van der Waals surface area (Å²) in [5.41, 5.74) is 4.95. The van der Waals surface area contributed by atoms with Crippen molar-refractivity contribution in [2.45, 2.75) is 24.9 Å².